The topological polar surface area (TPSA) is 131 Å². The molecule has 0 spiro atoms. The standard InChI is InChI=1S/C25H30ClF2N7O2/c1-25(22(29)37)7-5-15(6-8-25)35-21-19(12-30-23(34-21)31-14-3-2-4-16(36)11-14)32-24(35)33-20-17(27)9-13(26)10-18(20)28/h9-10,12,14-16,36H,2-8,11H2,1H3,(H2,29,37)(H,32,33)(H,30,31,34)/t14-,15-,16+,25+/m1/s1. The molecule has 12 heteroatoms. The van der Waals surface area contributed by atoms with E-state index < -0.39 is 17.0 Å². The van der Waals surface area contributed by atoms with Crippen LogP contribution in [0.25, 0.3) is 11.2 Å². The van der Waals surface area contributed by atoms with Gasteiger partial charge in [-0.05, 0) is 63.5 Å². The van der Waals surface area contributed by atoms with E-state index in [0.29, 0.717) is 49.2 Å². The highest BCUT2D eigenvalue weighted by Gasteiger charge is 2.38. The minimum atomic E-state index is -0.849. The number of carbonyl (C=O) groups excluding carboxylic acids is 1. The molecule has 5 N–H and O–H groups in total. The van der Waals surface area contributed by atoms with E-state index in [2.05, 4.69) is 20.6 Å². The summed E-state index contributed by atoms with van der Waals surface area (Å²) in [5, 5.41) is 16.1. The third-order valence-electron chi connectivity index (χ3n) is 7.67. The van der Waals surface area contributed by atoms with Gasteiger partial charge in [0.25, 0.3) is 0 Å². The number of hydrogen-bond acceptors (Lipinski definition) is 7. The molecular weight excluding hydrogens is 504 g/mol. The summed E-state index contributed by atoms with van der Waals surface area (Å²) in [5.74, 6) is -1.44. The van der Waals surface area contributed by atoms with E-state index in [-0.39, 0.29) is 40.8 Å². The second kappa shape index (κ2) is 10.0. The Bertz CT molecular complexity index is 1300. The highest BCUT2D eigenvalue weighted by Crippen LogP contribution is 2.43. The predicted molar refractivity (Wildman–Crippen MR) is 137 cm³/mol. The fraction of sp³-hybridized carbons (Fsp3) is 0.520. The van der Waals surface area contributed by atoms with E-state index in [9.17, 15) is 18.7 Å². The molecule has 0 radical (unpaired) electrons. The molecule has 9 nitrogen and oxygen atoms in total. The number of nitrogens with zero attached hydrogens (tertiary/aromatic N) is 4. The zero-order valence-corrected chi connectivity index (χ0v) is 21.2. The summed E-state index contributed by atoms with van der Waals surface area (Å²) in [6.45, 7) is 1.86. The number of imidazole rings is 1. The monoisotopic (exact) mass is 533 g/mol. The van der Waals surface area contributed by atoms with Crippen LogP contribution in [0.5, 0.6) is 0 Å². The number of carbonyl (C=O) groups is 1. The van der Waals surface area contributed by atoms with Gasteiger partial charge in [0, 0.05) is 22.5 Å². The fourth-order valence-electron chi connectivity index (χ4n) is 5.39. The van der Waals surface area contributed by atoms with Crippen LogP contribution in [-0.4, -0.2) is 42.7 Å². The summed E-state index contributed by atoms with van der Waals surface area (Å²) < 4.78 is 31.1. The molecule has 198 valence electrons. The first-order valence-corrected chi connectivity index (χ1v) is 12.9. The van der Waals surface area contributed by atoms with Gasteiger partial charge in [0.05, 0.1) is 12.3 Å². The van der Waals surface area contributed by atoms with E-state index in [1.807, 2.05) is 11.5 Å². The van der Waals surface area contributed by atoms with Gasteiger partial charge in [-0.2, -0.15) is 4.98 Å². The number of nitrogens with one attached hydrogen (secondary N) is 2. The van der Waals surface area contributed by atoms with Crippen LogP contribution in [0, 0.1) is 17.0 Å². The summed E-state index contributed by atoms with van der Waals surface area (Å²) >= 11 is 5.79. The zero-order valence-electron chi connectivity index (χ0n) is 20.5. The maximum Gasteiger partial charge on any atom is 0.224 e. The van der Waals surface area contributed by atoms with Gasteiger partial charge in [0.2, 0.25) is 17.8 Å². The molecule has 0 unspecified atom stereocenters. The van der Waals surface area contributed by atoms with Crippen molar-refractivity contribution in [3.63, 3.8) is 0 Å². The largest absolute Gasteiger partial charge is 0.393 e. The van der Waals surface area contributed by atoms with Gasteiger partial charge in [0.15, 0.2) is 17.3 Å². The van der Waals surface area contributed by atoms with Gasteiger partial charge in [-0.3, -0.25) is 9.36 Å². The van der Waals surface area contributed by atoms with Crippen LogP contribution >= 0.6 is 11.6 Å². The van der Waals surface area contributed by atoms with Crippen molar-refractivity contribution >= 4 is 46.3 Å². The summed E-state index contributed by atoms with van der Waals surface area (Å²) in [4.78, 5) is 25.7. The van der Waals surface area contributed by atoms with Crippen LogP contribution in [0.2, 0.25) is 5.02 Å². The normalized spacial score (nSPS) is 26.2. The van der Waals surface area contributed by atoms with Crippen molar-refractivity contribution < 1.29 is 18.7 Å². The first-order valence-electron chi connectivity index (χ1n) is 12.5. The van der Waals surface area contributed by atoms with Crippen molar-refractivity contribution in [1.82, 2.24) is 19.5 Å². The van der Waals surface area contributed by atoms with Gasteiger partial charge >= 0.3 is 0 Å². The van der Waals surface area contributed by atoms with Crippen molar-refractivity contribution in [1.29, 1.82) is 0 Å². The number of hydrogen-bond donors (Lipinski definition) is 4. The van der Waals surface area contributed by atoms with E-state index in [1.54, 1.807) is 6.20 Å². The Balaban J connectivity index is 1.52. The number of aliphatic hydroxyl groups excluding tert-OH is 1. The summed E-state index contributed by atoms with van der Waals surface area (Å²) in [6, 6.07) is 1.95. The summed E-state index contributed by atoms with van der Waals surface area (Å²) in [6.07, 6.45) is 6.73. The van der Waals surface area contributed by atoms with Crippen molar-refractivity contribution in [2.45, 2.75) is 76.5 Å². The molecule has 1 aromatic carbocycles. The van der Waals surface area contributed by atoms with Gasteiger partial charge in [-0.1, -0.05) is 18.5 Å². The lowest BCUT2D eigenvalue weighted by atomic mass is 9.73. The van der Waals surface area contributed by atoms with Crippen molar-refractivity contribution in [3.05, 3.63) is 35.0 Å². The molecular formula is C25H30ClF2N7O2. The Hall–Kier alpha value is -3.05. The number of rotatable bonds is 6. The van der Waals surface area contributed by atoms with Crippen LogP contribution in [0.1, 0.15) is 64.3 Å². The number of nitrogens with two attached hydrogens (primary N) is 1. The SMILES string of the molecule is C[C@]1(C(N)=O)CC[C@@H](n2c(Nc3c(F)cc(Cl)cc3F)nc3cnc(N[C@@H]4CCC[C@H](O)C4)nc32)CC1. The molecule has 2 saturated carbocycles. The molecule has 2 aliphatic rings. The van der Waals surface area contributed by atoms with E-state index in [1.165, 1.54) is 0 Å². The Morgan fingerprint density at radius 2 is 1.89 bits per heavy atom. The number of benzene rings is 1. The Morgan fingerprint density at radius 3 is 2.54 bits per heavy atom. The van der Waals surface area contributed by atoms with Gasteiger partial charge in [0.1, 0.15) is 11.2 Å². The van der Waals surface area contributed by atoms with E-state index in [4.69, 9.17) is 22.3 Å². The molecule has 2 aromatic heterocycles. The lowest BCUT2D eigenvalue weighted by Gasteiger charge is -2.35. The molecule has 2 atom stereocenters. The minimum Gasteiger partial charge on any atom is -0.393 e. The highest BCUT2D eigenvalue weighted by molar-refractivity contribution is 6.30. The number of primary amides is 1. The Labute approximate surface area is 217 Å². The maximum atomic E-state index is 14.6. The number of aliphatic hydroxyl groups is 1. The lowest BCUT2D eigenvalue weighted by Crippen LogP contribution is -2.38. The average Bonchev–Trinajstić information content (AvgIpc) is 3.19. The lowest BCUT2D eigenvalue weighted by molar-refractivity contribution is -0.128. The second-order valence-corrected chi connectivity index (χ2v) is 10.8. The summed E-state index contributed by atoms with van der Waals surface area (Å²) in [5.41, 5.74) is 5.61. The molecule has 0 aliphatic heterocycles. The first-order chi connectivity index (χ1) is 17.6. The number of aromatic nitrogens is 4. The number of halogens is 3. The number of amides is 1. The molecule has 0 bridgehead atoms. The van der Waals surface area contributed by atoms with Crippen LogP contribution in [0.15, 0.2) is 18.3 Å². The first kappa shape index (κ1) is 25.6. The third-order valence-corrected chi connectivity index (χ3v) is 7.89. The minimum absolute atomic E-state index is 0.0402. The van der Waals surface area contributed by atoms with Crippen molar-refractivity contribution in [2.24, 2.45) is 11.1 Å². The summed E-state index contributed by atoms with van der Waals surface area (Å²) in [7, 11) is 0. The smallest absolute Gasteiger partial charge is 0.224 e. The number of fused-ring (bicyclic) bond motifs is 1. The molecule has 2 fully saturated rings. The molecule has 2 heterocycles. The van der Waals surface area contributed by atoms with Gasteiger partial charge < -0.3 is 21.5 Å². The maximum absolute atomic E-state index is 14.6. The van der Waals surface area contributed by atoms with Crippen LogP contribution in [0.4, 0.5) is 26.4 Å². The van der Waals surface area contributed by atoms with Crippen molar-refractivity contribution in [3.8, 4) is 0 Å². The molecule has 1 amide bonds. The highest BCUT2D eigenvalue weighted by atomic mass is 35.5. The molecule has 3 aromatic rings. The van der Waals surface area contributed by atoms with Crippen LogP contribution in [0.3, 0.4) is 0 Å². The van der Waals surface area contributed by atoms with Crippen LogP contribution < -0.4 is 16.4 Å². The van der Waals surface area contributed by atoms with Crippen LogP contribution in [-0.2, 0) is 4.79 Å². The van der Waals surface area contributed by atoms with E-state index >= 15 is 0 Å². The zero-order chi connectivity index (χ0) is 26.3. The molecule has 5 rings (SSSR count). The van der Waals surface area contributed by atoms with Gasteiger partial charge in [-0.15, -0.1) is 0 Å². The average molecular weight is 534 g/mol. The molecule has 37 heavy (non-hydrogen) atoms. The molecule has 0 saturated heterocycles. The number of anilines is 3. The third kappa shape index (κ3) is 5.19. The van der Waals surface area contributed by atoms with Gasteiger partial charge in [-0.25, -0.2) is 18.7 Å². The quantitative estimate of drug-likeness (QED) is 0.357. The fourth-order valence-corrected chi connectivity index (χ4v) is 5.58. The van der Waals surface area contributed by atoms with E-state index in [0.717, 1.165) is 31.4 Å². The Morgan fingerprint density at radius 1 is 1.19 bits per heavy atom. The predicted octanol–water partition coefficient (Wildman–Crippen LogP) is 4.82. The van der Waals surface area contributed by atoms with Crippen molar-refractivity contribution in [2.75, 3.05) is 10.6 Å². The molecule has 2 aliphatic carbocycles. The second-order valence-electron chi connectivity index (χ2n) is 10.4. The Kier molecular flexibility index (Phi) is 6.93.